The molecule has 1 atom stereocenters. The molecule has 0 aliphatic heterocycles. The molecular formula is C20H27N3O6S. The van der Waals surface area contributed by atoms with Crippen molar-refractivity contribution in [2.45, 2.75) is 57.6 Å². The van der Waals surface area contributed by atoms with Gasteiger partial charge in [0.15, 0.2) is 0 Å². The first kappa shape index (κ1) is 23.4. The molecule has 1 aromatic carbocycles. The van der Waals surface area contributed by atoms with E-state index in [1.54, 1.807) is 39.8 Å². The minimum Gasteiger partial charge on any atom is -0.464 e. The number of aromatic nitrogens is 2. The average Bonchev–Trinajstić information content (AvgIpc) is 3.09. The van der Waals surface area contributed by atoms with Crippen molar-refractivity contribution >= 4 is 22.1 Å². The molecule has 0 radical (unpaired) electrons. The van der Waals surface area contributed by atoms with Gasteiger partial charge < -0.3 is 14.8 Å². The molecule has 0 bridgehead atoms. The quantitative estimate of drug-likeness (QED) is 0.661. The summed E-state index contributed by atoms with van der Waals surface area (Å²) in [6, 6.07) is 5.34. The number of nitrogens with zero attached hydrogens (tertiary/aromatic N) is 2. The van der Waals surface area contributed by atoms with Gasteiger partial charge in [-0.25, -0.2) is 27.0 Å². The SMILES string of the molecule is CCOC(=O)[C@H](Cc1cn(S(=O)(=O)c2ccc(C)cc2)cn1)NC(=O)OC(C)(C)C. The molecule has 0 spiro atoms. The van der Waals surface area contributed by atoms with E-state index in [0.29, 0.717) is 5.69 Å². The predicted octanol–water partition coefficient (Wildman–Crippen LogP) is 2.43. The monoisotopic (exact) mass is 437 g/mol. The Morgan fingerprint density at radius 2 is 1.83 bits per heavy atom. The van der Waals surface area contributed by atoms with Crippen molar-refractivity contribution in [3.63, 3.8) is 0 Å². The molecule has 1 N–H and O–H groups in total. The standard InChI is InChI=1S/C20H27N3O6S/c1-6-28-18(24)17(22-19(25)29-20(3,4)5)11-15-12-23(13-21-15)30(26,27)16-9-7-14(2)8-10-16/h7-10,12-13,17H,6,11H2,1-5H3,(H,22,25)/t17-/m0/s1. The highest BCUT2D eigenvalue weighted by molar-refractivity contribution is 7.90. The van der Waals surface area contributed by atoms with Crippen LogP contribution in [0.5, 0.6) is 0 Å². The molecule has 0 unspecified atom stereocenters. The third kappa shape index (κ3) is 6.31. The summed E-state index contributed by atoms with van der Waals surface area (Å²) in [5.41, 5.74) is 0.484. The molecule has 0 aliphatic carbocycles. The number of benzene rings is 1. The Hall–Kier alpha value is -2.88. The molecule has 2 rings (SSSR count). The second-order valence-corrected chi connectivity index (χ2v) is 9.51. The normalized spacial score (nSPS) is 12.8. The number of carbonyl (C=O) groups excluding carboxylic acids is 2. The fraction of sp³-hybridized carbons (Fsp3) is 0.450. The van der Waals surface area contributed by atoms with Crippen LogP contribution in [0.25, 0.3) is 0 Å². The van der Waals surface area contributed by atoms with Gasteiger partial charge >= 0.3 is 12.1 Å². The van der Waals surface area contributed by atoms with E-state index in [9.17, 15) is 18.0 Å². The fourth-order valence-corrected chi connectivity index (χ4v) is 3.66. The lowest BCUT2D eigenvalue weighted by atomic mass is 10.1. The molecule has 9 nitrogen and oxygen atoms in total. The molecule has 1 aromatic heterocycles. The second-order valence-electron chi connectivity index (χ2n) is 7.67. The molecule has 0 fully saturated rings. The number of ether oxygens (including phenoxy) is 2. The van der Waals surface area contributed by atoms with Gasteiger partial charge in [0.1, 0.15) is 18.0 Å². The summed E-state index contributed by atoms with van der Waals surface area (Å²) in [7, 11) is -3.82. The highest BCUT2D eigenvalue weighted by Gasteiger charge is 2.27. The number of carbonyl (C=O) groups is 2. The molecular weight excluding hydrogens is 410 g/mol. The van der Waals surface area contributed by atoms with Gasteiger partial charge in [0, 0.05) is 12.6 Å². The van der Waals surface area contributed by atoms with Crippen molar-refractivity contribution in [1.82, 2.24) is 14.3 Å². The first-order chi connectivity index (χ1) is 13.9. The van der Waals surface area contributed by atoms with Crippen molar-refractivity contribution in [1.29, 1.82) is 0 Å². The Balaban J connectivity index is 2.20. The fourth-order valence-electron chi connectivity index (χ4n) is 2.51. The number of rotatable bonds is 7. The highest BCUT2D eigenvalue weighted by atomic mass is 32.2. The number of amides is 1. The van der Waals surface area contributed by atoms with E-state index < -0.39 is 33.7 Å². The maximum absolute atomic E-state index is 12.8. The Morgan fingerprint density at radius 3 is 2.40 bits per heavy atom. The summed E-state index contributed by atoms with van der Waals surface area (Å²) in [5.74, 6) is -0.667. The van der Waals surface area contributed by atoms with Crippen LogP contribution in [0.4, 0.5) is 4.79 Å². The van der Waals surface area contributed by atoms with Crippen LogP contribution in [0.2, 0.25) is 0 Å². The van der Waals surface area contributed by atoms with E-state index in [1.165, 1.54) is 18.3 Å². The van der Waals surface area contributed by atoms with Crippen molar-refractivity contribution in [3.8, 4) is 0 Å². The lowest BCUT2D eigenvalue weighted by Gasteiger charge is -2.22. The van der Waals surface area contributed by atoms with Crippen LogP contribution in [-0.2, 0) is 30.7 Å². The van der Waals surface area contributed by atoms with Crippen LogP contribution in [0, 0.1) is 6.92 Å². The second kappa shape index (κ2) is 9.29. The Kier molecular flexibility index (Phi) is 7.25. The lowest BCUT2D eigenvalue weighted by Crippen LogP contribution is -2.45. The molecule has 0 saturated carbocycles. The molecule has 0 aliphatic rings. The van der Waals surface area contributed by atoms with Crippen LogP contribution in [0.3, 0.4) is 0 Å². The first-order valence-corrected chi connectivity index (χ1v) is 10.9. The van der Waals surface area contributed by atoms with E-state index in [2.05, 4.69) is 10.3 Å². The van der Waals surface area contributed by atoms with Gasteiger partial charge in [0.25, 0.3) is 10.0 Å². The van der Waals surface area contributed by atoms with Gasteiger partial charge in [0.05, 0.1) is 17.2 Å². The largest absolute Gasteiger partial charge is 0.464 e. The van der Waals surface area contributed by atoms with E-state index in [4.69, 9.17) is 9.47 Å². The maximum Gasteiger partial charge on any atom is 0.408 e. The van der Waals surface area contributed by atoms with Gasteiger partial charge in [-0.3, -0.25) is 0 Å². The Labute approximate surface area is 176 Å². The molecule has 164 valence electrons. The van der Waals surface area contributed by atoms with Gasteiger partial charge in [-0.05, 0) is 46.8 Å². The third-order valence-corrected chi connectivity index (χ3v) is 5.51. The van der Waals surface area contributed by atoms with Gasteiger partial charge in [0.2, 0.25) is 0 Å². The van der Waals surface area contributed by atoms with Crippen molar-refractivity contribution in [3.05, 3.63) is 48.0 Å². The third-order valence-electron chi connectivity index (χ3n) is 3.89. The molecule has 0 saturated heterocycles. The van der Waals surface area contributed by atoms with E-state index in [-0.39, 0.29) is 17.9 Å². The zero-order valence-electron chi connectivity index (χ0n) is 17.7. The van der Waals surface area contributed by atoms with Crippen molar-refractivity contribution < 1.29 is 27.5 Å². The summed E-state index contributed by atoms with van der Waals surface area (Å²) >= 11 is 0. The molecule has 1 heterocycles. The summed E-state index contributed by atoms with van der Waals surface area (Å²) in [5, 5.41) is 2.46. The number of esters is 1. The van der Waals surface area contributed by atoms with E-state index in [1.807, 2.05) is 6.92 Å². The molecule has 10 heteroatoms. The minimum atomic E-state index is -3.82. The maximum atomic E-state index is 12.8. The summed E-state index contributed by atoms with van der Waals surface area (Å²) in [6.07, 6.45) is 1.61. The minimum absolute atomic E-state index is 0.0610. The predicted molar refractivity (Wildman–Crippen MR) is 109 cm³/mol. The van der Waals surface area contributed by atoms with Crippen LogP contribution in [0.15, 0.2) is 41.7 Å². The van der Waals surface area contributed by atoms with E-state index >= 15 is 0 Å². The van der Waals surface area contributed by atoms with E-state index in [0.717, 1.165) is 15.9 Å². The van der Waals surface area contributed by atoms with Gasteiger partial charge in [-0.15, -0.1) is 0 Å². The smallest absolute Gasteiger partial charge is 0.408 e. The van der Waals surface area contributed by atoms with Gasteiger partial charge in [-0.2, -0.15) is 0 Å². The number of aryl methyl sites for hydroxylation is 1. The first-order valence-electron chi connectivity index (χ1n) is 9.43. The number of hydrogen-bond acceptors (Lipinski definition) is 7. The number of imidazole rings is 1. The molecule has 2 aromatic rings. The van der Waals surface area contributed by atoms with Crippen LogP contribution in [-0.4, -0.2) is 47.7 Å². The number of nitrogens with one attached hydrogen (secondary N) is 1. The number of alkyl carbamates (subject to hydrolysis) is 1. The summed E-state index contributed by atoms with van der Waals surface area (Å²) in [4.78, 5) is 28.5. The molecule has 30 heavy (non-hydrogen) atoms. The van der Waals surface area contributed by atoms with Crippen LogP contribution in [0.1, 0.15) is 39.0 Å². The average molecular weight is 438 g/mol. The molecule has 1 amide bonds. The zero-order valence-corrected chi connectivity index (χ0v) is 18.5. The van der Waals surface area contributed by atoms with Gasteiger partial charge in [-0.1, -0.05) is 17.7 Å². The lowest BCUT2D eigenvalue weighted by molar-refractivity contribution is -0.145. The van der Waals surface area contributed by atoms with Crippen molar-refractivity contribution in [2.75, 3.05) is 6.61 Å². The summed E-state index contributed by atoms with van der Waals surface area (Å²) < 4.78 is 36.7. The van der Waals surface area contributed by atoms with Crippen molar-refractivity contribution in [2.24, 2.45) is 0 Å². The topological polar surface area (TPSA) is 117 Å². The van der Waals surface area contributed by atoms with Crippen LogP contribution < -0.4 is 5.32 Å². The summed E-state index contributed by atoms with van der Waals surface area (Å²) in [6.45, 7) is 8.72. The zero-order chi connectivity index (χ0) is 22.5. The Bertz CT molecular complexity index is 990. The van der Waals surface area contributed by atoms with Crippen LogP contribution >= 0.6 is 0 Å². The number of hydrogen-bond donors (Lipinski definition) is 1. The highest BCUT2D eigenvalue weighted by Crippen LogP contribution is 2.16. The Morgan fingerprint density at radius 1 is 1.20 bits per heavy atom.